The Kier molecular flexibility index (Phi) is 6.85. The fourth-order valence-electron chi connectivity index (χ4n) is 3.56. The van der Waals surface area contributed by atoms with Crippen LogP contribution in [0.3, 0.4) is 0 Å². The molecule has 3 aromatic rings. The number of nitrogens with one attached hydrogen (secondary N) is 2. The molecule has 0 bridgehead atoms. The maximum absolute atomic E-state index is 12.5. The molecule has 0 aromatic carbocycles. The zero-order valence-corrected chi connectivity index (χ0v) is 16.9. The molecule has 0 spiro atoms. The van der Waals surface area contributed by atoms with Gasteiger partial charge in [-0.1, -0.05) is 19.3 Å². The highest BCUT2D eigenvalue weighted by Crippen LogP contribution is 2.34. The first kappa shape index (κ1) is 20.9. The number of halogens is 2. The molecule has 1 aliphatic carbocycles. The van der Waals surface area contributed by atoms with Crippen molar-refractivity contribution in [1.82, 2.24) is 20.2 Å². The highest BCUT2D eigenvalue weighted by Gasteiger charge is 2.24. The molecule has 1 saturated carbocycles. The van der Waals surface area contributed by atoms with Gasteiger partial charge in [0.1, 0.15) is 10.5 Å². The number of rotatable bonds is 3. The minimum atomic E-state index is -0.193. The normalized spacial score (nSPS) is 16.1. The first-order valence-electron chi connectivity index (χ1n) is 8.43. The van der Waals surface area contributed by atoms with Gasteiger partial charge < -0.3 is 10.7 Å². The summed E-state index contributed by atoms with van der Waals surface area (Å²) >= 11 is 1.44. The Morgan fingerprint density at radius 1 is 1.27 bits per heavy atom. The molecule has 4 rings (SSSR count). The van der Waals surface area contributed by atoms with Crippen molar-refractivity contribution in [3.05, 3.63) is 34.1 Å². The van der Waals surface area contributed by atoms with E-state index in [1.807, 2.05) is 13.0 Å². The topological polar surface area (TPSA) is 100 Å². The van der Waals surface area contributed by atoms with Crippen LogP contribution < -0.4 is 11.3 Å². The highest BCUT2D eigenvalue weighted by atomic mass is 35.5. The summed E-state index contributed by atoms with van der Waals surface area (Å²) in [5.74, 6) is 1.03. The van der Waals surface area contributed by atoms with Gasteiger partial charge in [-0.3, -0.25) is 9.89 Å². The number of nitrogens with zero attached hydrogens (tertiary/aromatic N) is 2. The molecule has 6 nitrogen and oxygen atoms in total. The highest BCUT2D eigenvalue weighted by molar-refractivity contribution is 7.22. The summed E-state index contributed by atoms with van der Waals surface area (Å²) < 4.78 is 0.644. The largest absolute Gasteiger partial charge is 0.321 e. The summed E-state index contributed by atoms with van der Waals surface area (Å²) in [4.78, 5) is 21.1. The Hall–Kier alpha value is -1.41. The van der Waals surface area contributed by atoms with E-state index in [0.29, 0.717) is 16.4 Å². The summed E-state index contributed by atoms with van der Waals surface area (Å²) in [7, 11) is 0. The van der Waals surface area contributed by atoms with Crippen molar-refractivity contribution >= 4 is 46.4 Å². The van der Waals surface area contributed by atoms with Crippen molar-refractivity contribution in [1.29, 1.82) is 0 Å². The number of hydrogen-bond acceptors (Lipinski definition) is 5. The van der Waals surface area contributed by atoms with Crippen LogP contribution in [0.1, 0.15) is 49.7 Å². The molecule has 1 fully saturated rings. The van der Waals surface area contributed by atoms with Gasteiger partial charge in [-0.15, -0.1) is 36.2 Å². The third-order valence-electron chi connectivity index (χ3n) is 4.97. The Bertz CT molecular complexity index is 929. The molecule has 4 N–H and O–H groups in total. The van der Waals surface area contributed by atoms with E-state index >= 15 is 0 Å². The molecule has 3 aromatic heterocycles. The van der Waals surface area contributed by atoms with E-state index < -0.39 is 0 Å². The van der Waals surface area contributed by atoms with E-state index in [2.05, 4.69) is 20.2 Å². The predicted molar refractivity (Wildman–Crippen MR) is 111 cm³/mol. The van der Waals surface area contributed by atoms with Gasteiger partial charge in [0.2, 0.25) is 0 Å². The standard InChI is InChI=1S/C17H21N5OS.2ClH/c1-9-11(8-19-22-9)13-7-12-15(24-13)17(23)21-16(20-12)14(18)10-5-3-2-4-6-10;;/h7-8,10,14H,2-6,18H2,1H3,(H,19,22)(H,20,21,23);2*1H. The predicted octanol–water partition coefficient (Wildman–Crippen LogP) is 4.11. The summed E-state index contributed by atoms with van der Waals surface area (Å²) in [5, 5.41) is 6.98. The average Bonchev–Trinajstić information content (AvgIpc) is 3.21. The molecule has 9 heteroatoms. The molecule has 0 amide bonds. The van der Waals surface area contributed by atoms with Crippen molar-refractivity contribution < 1.29 is 0 Å². The van der Waals surface area contributed by atoms with Crippen molar-refractivity contribution in [3.8, 4) is 10.4 Å². The Balaban J connectivity index is 0.00000121. The first-order valence-corrected chi connectivity index (χ1v) is 9.25. The maximum atomic E-state index is 12.5. The number of thiophene rings is 1. The van der Waals surface area contributed by atoms with Crippen LogP contribution in [-0.2, 0) is 0 Å². The molecule has 0 radical (unpaired) electrons. The molecule has 0 aliphatic heterocycles. The third kappa shape index (κ3) is 3.81. The van der Waals surface area contributed by atoms with Crippen LogP contribution in [0.4, 0.5) is 0 Å². The molecule has 0 saturated heterocycles. The van der Waals surface area contributed by atoms with Crippen molar-refractivity contribution in [2.75, 3.05) is 0 Å². The summed E-state index contributed by atoms with van der Waals surface area (Å²) in [5.41, 5.74) is 9.03. The number of aromatic amines is 2. The van der Waals surface area contributed by atoms with Gasteiger partial charge in [0, 0.05) is 16.1 Å². The number of aromatic nitrogens is 4. The van der Waals surface area contributed by atoms with Gasteiger partial charge in [0.15, 0.2) is 0 Å². The second kappa shape index (κ2) is 8.52. The van der Waals surface area contributed by atoms with Crippen LogP contribution >= 0.6 is 36.2 Å². The van der Waals surface area contributed by atoms with Gasteiger partial charge in [0.05, 0.1) is 17.8 Å². The molecule has 1 atom stereocenters. The summed E-state index contributed by atoms with van der Waals surface area (Å²) in [6.45, 7) is 1.97. The van der Waals surface area contributed by atoms with Gasteiger partial charge in [0.25, 0.3) is 5.56 Å². The van der Waals surface area contributed by atoms with E-state index in [-0.39, 0.29) is 36.4 Å². The minimum Gasteiger partial charge on any atom is -0.321 e. The van der Waals surface area contributed by atoms with E-state index in [1.165, 1.54) is 30.6 Å². The second-order valence-corrected chi connectivity index (χ2v) is 7.66. The van der Waals surface area contributed by atoms with Crippen LogP contribution in [0, 0.1) is 12.8 Å². The Morgan fingerprint density at radius 2 is 2.00 bits per heavy atom. The Morgan fingerprint density at radius 3 is 2.65 bits per heavy atom. The SMILES string of the molecule is Cc1[nH]ncc1-c1cc2nc(C(N)C3CCCCC3)[nH]c(=O)c2s1.Cl.Cl. The lowest BCUT2D eigenvalue weighted by atomic mass is 9.84. The molecular weight excluding hydrogens is 393 g/mol. The van der Waals surface area contributed by atoms with E-state index in [0.717, 1.165) is 34.5 Å². The molecule has 1 unspecified atom stereocenters. The smallest absolute Gasteiger partial charge is 0.268 e. The molecular formula is C17H23Cl2N5OS. The quantitative estimate of drug-likeness (QED) is 0.598. The monoisotopic (exact) mass is 415 g/mol. The first-order chi connectivity index (χ1) is 11.6. The lowest BCUT2D eigenvalue weighted by molar-refractivity contribution is 0.301. The van der Waals surface area contributed by atoms with Crippen LogP contribution in [0.5, 0.6) is 0 Å². The van der Waals surface area contributed by atoms with Gasteiger partial charge in [-0.2, -0.15) is 5.10 Å². The lowest BCUT2D eigenvalue weighted by Crippen LogP contribution is -2.27. The number of hydrogen-bond donors (Lipinski definition) is 3. The fourth-order valence-corrected chi connectivity index (χ4v) is 4.62. The van der Waals surface area contributed by atoms with Crippen LogP contribution in [0.2, 0.25) is 0 Å². The molecule has 26 heavy (non-hydrogen) atoms. The van der Waals surface area contributed by atoms with Crippen LogP contribution in [0.25, 0.3) is 20.7 Å². The van der Waals surface area contributed by atoms with Gasteiger partial charge in [-0.05, 0) is 31.7 Å². The van der Waals surface area contributed by atoms with Gasteiger partial charge >= 0.3 is 0 Å². The van der Waals surface area contributed by atoms with E-state index in [4.69, 9.17) is 5.73 Å². The van der Waals surface area contributed by atoms with Gasteiger partial charge in [-0.25, -0.2) is 4.98 Å². The van der Waals surface area contributed by atoms with Crippen LogP contribution in [-0.4, -0.2) is 20.2 Å². The third-order valence-corrected chi connectivity index (χ3v) is 6.13. The summed E-state index contributed by atoms with van der Waals surface area (Å²) in [6.07, 6.45) is 7.73. The maximum Gasteiger partial charge on any atom is 0.268 e. The van der Waals surface area contributed by atoms with Crippen molar-refractivity contribution in [2.24, 2.45) is 11.7 Å². The van der Waals surface area contributed by atoms with E-state index in [1.54, 1.807) is 6.20 Å². The zero-order valence-electron chi connectivity index (χ0n) is 14.4. The number of fused-ring (bicyclic) bond motifs is 1. The molecule has 142 valence electrons. The number of H-pyrrole nitrogens is 2. The second-order valence-electron chi connectivity index (χ2n) is 6.61. The Labute approximate surface area is 167 Å². The number of aryl methyl sites for hydroxylation is 1. The molecule has 1 aliphatic rings. The fraction of sp³-hybridized carbons (Fsp3) is 0.471. The average molecular weight is 416 g/mol. The zero-order chi connectivity index (χ0) is 16.7. The molecule has 3 heterocycles. The van der Waals surface area contributed by atoms with E-state index in [9.17, 15) is 4.79 Å². The minimum absolute atomic E-state index is 0. The van der Waals surface area contributed by atoms with Crippen LogP contribution in [0.15, 0.2) is 17.1 Å². The number of nitrogens with two attached hydrogens (primary N) is 1. The van der Waals surface area contributed by atoms with Crippen molar-refractivity contribution in [3.63, 3.8) is 0 Å². The lowest BCUT2D eigenvalue weighted by Gasteiger charge is -2.26. The van der Waals surface area contributed by atoms with Crippen molar-refractivity contribution in [2.45, 2.75) is 45.1 Å². The summed E-state index contributed by atoms with van der Waals surface area (Å²) in [6, 6.07) is 1.77.